The Hall–Kier alpha value is -1.15. The minimum absolute atomic E-state index is 0.278. The Balaban J connectivity index is 4.50. The summed E-state index contributed by atoms with van der Waals surface area (Å²) in [6, 6.07) is -1.02. The van der Waals surface area contributed by atoms with E-state index in [1.54, 1.807) is 13.8 Å². The summed E-state index contributed by atoms with van der Waals surface area (Å²) in [6.45, 7) is 2.91. The molecule has 2 N–H and O–H groups in total. The smallest absolute Gasteiger partial charge is 0.326 e. The van der Waals surface area contributed by atoms with Gasteiger partial charge < -0.3 is 10.4 Å². The van der Waals surface area contributed by atoms with Gasteiger partial charge in [-0.3, -0.25) is 4.79 Å². The van der Waals surface area contributed by atoms with Gasteiger partial charge in [0.2, 0.25) is 15.9 Å². The number of carboxylic acid groups (broad SMARTS) is 1. The van der Waals surface area contributed by atoms with Gasteiger partial charge in [0.25, 0.3) is 0 Å². The Morgan fingerprint density at radius 2 is 1.82 bits per heavy atom. The van der Waals surface area contributed by atoms with Crippen LogP contribution in [0.4, 0.5) is 0 Å². The number of rotatable bonds is 6. The molecule has 1 atom stereocenters. The highest BCUT2D eigenvalue weighted by atomic mass is 32.2. The molecule has 0 aromatic heterocycles. The average molecular weight is 266 g/mol. The van der Waals surface area contributed by atoms with Crippen molar-refractivity contribution in [2.75, 3.05) is 19.8 Å². The lowest BCUT2D eigenvalue weighted by atomic mass is 10.1. The van der Waals surface area contributed by atoms with Crippen molar-refractivity contribution in [3.63, 3.8) is 0 Å². The number of hydrogen-bond acceptors (Lipinski definition) is 4. The molecule has 0 unspecified atom stereocenters. The van der Waals surface area contributed by atoms with E-state index in [2.05, 4.69) is 5.32 Å². The predicted molar refractivity (Wildman–Crippen MR) is 61.9 cm³/mol. The molecule has 17 heavy (non-hydrogen) atoms. The van der Waals surface area contributed by atoms with E-state index in [1.807, 2.05) is 0 Å². The minimum atomic E-state index is -3.45. The molecule has 0 radical (unpaired) electrons. The normalized spacial score (nSPS) is 13.8. The quantitative estimate of drug-likeness (QED) is 0.648. The van der Waals surface area contributed by atoms with Crippen LogP contribution in [0.25, 0.3) is 0 Å². The fourth-order valence-electron chi connectivity index (χ4n) is 1.05. The van der Waals surface area contributed by atoms with E-state index >= 15 is 0 Å². The maximum absolute atomic E-state index is 11.4. The van der Waals surface area contributed by atoms with Crippen LogP contribution in [-0.2, 0) is 19.6 Å². The van der Waals surface area contributed by atoms with Gasteiger partial charge in [0.1, 0.15) is 6.04 Å². The van der Waals surface area contributed by atoms with E-state index in [1.165, 1.54) is 7.05 Å². The summed E-state index contributed by atoms with van der Waals surface area (Å²) in [5.74, 6) is -2.06. The molecular formula is C9H18N2O5S. The molecule has 1 amide bonds. The van der Waals surface area contributed by atoms with Crippen LogP contribution in [-0.4, -0.2) is 55.6 Å². The molecule has 8 heteroatoms. The number of carboxylic acids is 1. The number of amides is 1. The molecule has 0 aromatic carbocycles. The summed E-state index contributed by atoms with van der Waals surface area (Å²) >= 11 is 0. The van der Waals surface area contributed by atoms with Gasteiger partial charge >= 0.3 is 5.97 Å². The van der Waals surface area contributed by atoms with E-state index in [4.69, 9.17) is 5.11 Å². The molecule has 0 saturated heterocycles. The number of aliphatic carboxylic acids is 1. The molecule has 0 aliphatic rings. The summed E-state index contributed by atoms with van der Waals surface area (Å²) in [5.41, 5.74) is 0. The first kappa shape index (κ1) is 15.9. The minimum Gasteiger partial charge on any atom is -0.480 e. The molecule has 100 valence electrons. The van der Waals surface area contributed by atoms with Crippen molar-refractivity contribution in [2.45, 2.75) is 19.9 Å². The maximum atomic E-state index is 11.4. The summed E-state index contributed by atoms with van der Waals surface area (Å²) in [7, 11) is -2.20. The SMILES string of the molecule is CC(C)[C@@H](NC(=O)CN(C)S(C)(=O)=O)C(=O)O. The van der Waals surface area contributed by atoms with E-state index < -0.39 is 34.5 Å². The van der Waals surface area contributed by atoms with E-state index in [0.717, 1.165) is 10.6 Å². The largest absolute Gasteiger partial charge is 0.480 e. The van der Waals surface area contributed by atoms with Gasteiger partial charge in [-0.25, -0.2) is 13.2 Å². The topological polar surface area (TPSA) is 104 Å². The molecule has 0 aliphatic carbocycles. The van der Waals surface area contributed by atoms with Crippen LogP contribution in [0.5, 0.6) is 0 Å². The zero-order valence-electron chi connectivity index (χ0n) is 10.3. The Bertz CT molecular complexity index is 390. The molecule has 0 spiro atoms. The number of nitrogens with zero attached hydrogens (tertiary/aromatic N) is 1. The molecule has 0 fully saturated rings. The van der Waals surface area contributed by atoms with Crippen LogP contribution in [0, 0.1) is 5.92 Å². The average Bonchev–Trinajstić information content (AvgIpc) is 2.11. The van der Waals surface area contributed by atoms with Crippen LogP contribution in [0.3, 0.4) is 0 Å². The van der Waals surface area contributed by atoms with Gasteiger partial charge in [-0.15, -0.1) is 0 Å². The fourth-order valence-corrected chi connectivity index (χ4v) is 1.40. The summed E-state index contributed by atoms with van der Waals surface area (Å²) < 4.78 is 22.9. The summed E-state index contributed by atoms with van der Waals surface area (Å²) in [4.78, 5) is 22.3. The van der Waals surface area contributed by atoms with Crippen LogP contribution < -0.4 is 5.32 Å². The van der Waals surface area contributed by atoms with Crippen molar-refractivity contribution in [1.82, 2.24) is 9.62 Å². The highest BCUT2D eigenvalue weighted by Gasteiger charge is 2.24. The van der Waals surface area contributed by atoms with Gasteiger partial charge in [-0.2, -0.15) is 4.31 Å². The van der Waals surface area contributed by atoms with Crippen molar-refractivity contribution in [3.05, 3.63) is 0 Å². The molecule has 0 aromatic rings. The van der Waals surface area contributed by atoms with E-state index in [9.17, 15) is 18.0 Å². The van der Waals surface area contributed by atoms with Crippen molar-refractivity contribution in [2.24, 2.45) is 5.92 Å². The second-order valence-electron chi connectivity index (χ2n) is 4.15. The van der Waals surface area contributed by atoms with Gasteiger partial charge in [-0.05, 0) is 5.92 Å². The zero-order valence-corrected chi connectivity index (χ0v) is 11.1. The van der Waals surface area contributed by atoms with Gasteiger partial charge in [0.15, 0.2) is 0 Å². The predicted octanol–water partition coefficient (Wildman–Crippen LogP) is -0.897. The lowest BCUT2D eigenvalue weighted by Crippen LogP contribution is -2.48. The number of carbonyl (C=O) groups excluding carboxylic acids is 1. The Kier molecular flexibility index (Phi) is 5.56. The van der Waals surface area contributed by atoms with Crippen molar-refractivity contribution in [1.29, 1.82) is 0 Å². The fraction of sp³-hybridized carbons (Fsp3) is 0.778. The first-order valence-electron chi connectivity index (χ1n) is 4.99. The maximum Gasteiger partial charge on any atom is 0.326 e. The highest BCUT2D eigenvalue weighted by Crippen LogP contribution is 2.02. The number of sulfonamides is 1. The number of likely N-dealkylation sites (N-methyl/N-ethyl adjacent to an activating group) is 1. The van der Waals surface area contributed by atoms with Gasteiger partial charge in [0, 0.05) is 7.05 Å². The van der Waals surface area contributed by atoms with Crippen LogP contribution in [0.1, 0.15) is 13.8 Å². The van der Waals surface area contributed by atoms with Gasteiger partial charge in [0.05, 0.1) is 12.8 Å². The molecule has 0 aliphatic heterocycles. The Labute approximate surface area is 101 Å². The molecular weight excluding hydrogens is 248 g/mol. The zero-order chi connectivity index (χ0) is 13.8. The van der Waals surface area contributed by atoms with Crippen LogP contribution >= 0.6 is 0 Å². The third-order valence-corrected chi connectivity index (χ3v) is 3.44. The third kappa shape index (κ3) is 5.64. The standard InChI is InChI=1S/C9H18N2O5S/c1-6(2)8(9(13)14)10-7(12)5-11(3)17(4,15)16/h6,8H,5H2,1-4H3,(H,10,12)(H,13,14)/t8-/m1/s1. The van der Waals surface area contributed by atoms with Crippen LogP contribution in [0.15, 0.2) is 0 Å². The lowest BCUT2D eigenvalue weighted by molar-refractivity contribution is -0.143. The lowest BCUT2D eigenvalue weighted by Gasteiger charge is -2.20. The highest BCUT2D eigenvalue weighted by molar-refractivity contribution is 7.88. The summed E-state index contributed by atoms with van der Waals surface area (Å²) in [5, 5.41) is 11.1. The number of carbonyl (C=O) groups is 2. The van der Waals surface area contributed by atoms with Crippen LogP contribution in [0.2, 0.25) is 0 Å². The monoisotopic (exact) mass is 266 g/mol. The molecule has 0 rings (SSSR count). The molecule has 0 bridgehead atoms. The van der Waals surface area contributed by atoms with Crippen molar-refractivity contribution in [3.8, 4) is 0 Å². The molecule has 0 heterocycles. The first-order chi connectivity index (χ1) is 7.55. The Morgan fingerprint density at radius 1 is 1.35 bits per heavy atom. The summed E-state index contributed by atoms with van der Waals surface area (Å²) in [6.07, 6.45) is 0.970. The van der Waals surface area contributed by atoms with Gasteiger partial charge in [-0.1, -0.05) is 13.8 Å². The van der Waals surface area contributed by atoms with Crippen molar-refractivity contribution >= 4 is 21.9 Å². The van der Waals surface area contributed by atoms with E-state index in [-0.39, 0.29) is 5.92 Å². The third-order valence-electron chi connectivity index (χ3n) is 2.18. The van der Waals surface area contributed by atoms with E-state index in [0.29, 0.717) is 0 Å². The molecule has 0 saturated carbocycles. The van der Waals surface area contributed by atoms with Crippen molar-refractivity contribution < 1.29 is 23.1 Å². The second kappa shape index (κ2) is 5.97. The first-order valence-corrected chi connectivity index (χ1v) is 6.84. The number of nitrogens with one attached hydrogen (secondary N) is 1. The Morgan fingerprint density at radius 3 is 2.12 bits per heavy atom. The molecule has 7 nitrogen and oxygen atoms in total. The second-order valence-corrected chi connectivity index (χ2v) is 6.24. The number of hydrogen-bond donors (Lipinski definition) is 2.